The highest BCUT2D eigenvalue weighted by molar-refractivity contribution is 6.03. The van der Waals surface area contributed by atoms with Gasteiger partial charge in [-0.25, -0.2) is 9.18 Å². The van der Waals surface area contributed by atoms with E-state index in [-0.39, 0.29) is 29.4 Å². The molecule has 0 radical (unpaired) electrons. The second-order valence-electron chi connectivity index (χ2n) is 5.33. The fourth-order valence-electron chi connectivity index (χ4n) is 2.27. The molecule has 2 rings (SSSR count). The maximum Gasteiger partial charge on any atom is 0.354 e. The number of halogens is 1. The minimum absolute atomic E-state index is 0.0315. The van der Waals surface area contributed by atoms with Gasteiger partial charge in [0.2, 0.25) is 0 Å². The number of ether oxygens (including phenoxy) is 3. The quantitative estimate of drug-likeness (QED) is 0.596. The molecule has 142 valence electrons. The third-order valence-electron chi connectivity index (χ3n) is 3.58. The highest BCUT2D eigenvalue weighted by atomic mass is 19.1. The molecule has 2 aromatic rings. The fourth-order valence-corrected chi connectivity index (χ4v) is 2.27. The first kappa shape index (κ1) is 20.0. The van der Waals surface area contributed by atoms with E-state index in [1.807, 2.05) is 0 Å². The molecule has 6 nitrogen and oxygen atoms in total. The van der Waals surface area contributed by atoms with Gasteiger partial charge >= 0.3 is 5.97 Å². The first-order chi connectivity index (χ1) is 13.0. The Labute approximate surface area is 156 Å². The van der Waals surface area contributed by atoms with Crippen LogP contribution in [0, 0.1) is 5.82 Å². The predicted octanol–water partition coefficient (Wildman–Crippen LogP) is 3.18. The summed E-state index contributed by atoms with van der Waals surface area (Å²) >= 11 is 0. The molecule has 0 aliphatic carbocycles. The van der Waals surface area contributed by atoms with Gasteiger partial charge in [0.15, 0.2) is 11.5 Å². The monoisotopic (exact) mass is 373 g/mol. The number of amides is 1. The van der Waals surface area contributed by atoms with Gasteiger partial charge in [-0.2, -0.15) is 0 Å². The third-order valence-corrected chi connectivity index (χ3v) is 3.58. The first-order valence-electron chi connectivity index (χ1n) is 8.16. The number of benzene rings is 2. The molecular weight excluding hydrogens is 353 g/mol. The topological polar surface area (TPSA) is 73.9 Å². The number of rotatable bonds is 7. The Morgan fingerprint density at radius 3 is 2.30 bits per heavy atom. The van der Waals surface area contributed by atoms with Crippen LogP contribution >= 0.6 is 0 Å². The van der Waals surface area contributed by atoms with Gasteiger partial charge < -0.3 is 19.5 Å². The molecule has 0 bridgehead atoms. The van der Waals surface area contributed by atoms with E-state index >= 15 is 0 Å². The number of hydrogen-bond acceptors (Lipinski definition) is 5. The molecule has 0 saturated heterocycles. The highest BCUT2D eigenvalue weighted by Crippen LogP contribution is 2.30. The van der Waals surface area contributed by atoms with E-state index in [1.54, 1.807) is 37.3 Å². The normalized spacial score (nSPS) is 10.9. The minimum Gasteiger partial charge on any atom is -0.493 e. The molecule has 27 heavy (non-hydrogen) atoms. The SMILES string of the molecule is CCOC(=O)/C(=C/c1cc(OC)c(OC)cc1F)NC(=O)c1ccccc1. The van der Waals surface area contributed by atoms with Gasteiger partial charge in [-0.15, -0.1) is 0 Å². The van der Waals surface area contributed by atoms with E-state index in [2.05, 4.69) is 5.32 Å². The Balaban J connectivity index is 2.42. The van der Waals surface area contributed by atoms with Crippen molar-refractivity contribution in [2.24, 2.45) is 0 Å². The zero-order valence-corrected chi connectivity index (χ0v) is 15.2. The van der Waals surface area contributed by atoms with Crippen LogP contribution in [0.1, 0.15) is 22.8 Å². The van der Waals surface area contributed by atoms with Gasteiger partial charge in [-0.3, -0.25) is 4.79 Å². The van der Waals surface area contributed by atoms with E-state index in [4.69, 9.17) is 14.2 Å². The summed E-state index contributed by atoms with van der Waals surface area (Å²) in [6.45, 7) is 1.73. The summed E-state index contributed by atoms with van der Waals surface area (Å²) in [4.78, 5) is 24.6. The molecule has 0 heterocycles. The zero-order valence-electron chi connectivity index (χ0n) is 15.2. The van der Waals surface area contributed by atoms with Crippen molar-refractivity contribution in [1.29, 1.82) is 0 Å². The zero-order chi connectivity index (χ0) is 19.8. The van der Waals surface area contributed by atoms with Gasteiger partial charge in [0.05, 0.1) is 20.8 Å². The number of esters is 1. The number of carbonyl (C=O) groups is 2. The molecule has 0 aromatic heterocycles. The van der Waals surface area contributed by atoms with Crippen LogP contribution in [0.3, 0.4) is 0 Å². The van der Waals surface area contributed by atoms with Crippen molar-refractivity contribution in [2.75, 3.05) is 20.8 Å². The van der Waals surface area contributed by atoms with Gasteiger partial charge in [-0.05, 0) is 31.2 Å². The number of nitrogens with one attached hydrogen (secondary N) is 1. The van der Waals surface area contributed by atoms with E-state index in [0.717, 1.165) is 6.07 Å². The Bertz CT molecular complexity index is 849. The van der Waals surface area contributed by atoms with E-state index in [1.165, 1.54) is 26.4 Å². The fraction of sp³-hybridized carbons (Fsp3) is 0.200. The van der Waals surface area contributed by atoms with Crippen LogP contribution in [0.15, 0.2) is 48.2 Å². The third kappa shape index (κ3) is 5.07. The Kier molecular flexibility index (Phi) is 6.93. The van der Waals surface area contributed by atoms with Gasteiger partial charge in [0, 0.05) is 17.2 Å². The molecule has 0 saturated carbocycles. The van der Waals surface area contributed by atoms with Gasteiger partial charge in [0.25, 0.3) is 5.91 Å². The number of methoxy groups -OCH3 is 2. The van der Waals surface area contributed by atoms with Crippen LogP contribution in [0.5, 0.6) is 11.5 Å². The molecule has 7 heteroatoms. The van der Waals surface area contributed by atoms with Crippen molar-refractivity contribution < 1.29 is 28.2 Å². The van der Waals surface area contributed by atoms with Crippen LogP contribution in [-0.4, -0.2) is 32.7 Å². The molecule has 0 fully saturated rings. The van der Waals surface area contributed by atoms with Crippen LogP contribution in [-0.2, 0) is 9.53 Å². The highest BCUT2D eigenvalue weighted by Gasteiger charge is 2.18. The number of carbonyl (C=O) groups excluding carboxylic acids is 2. The summed E-state index contributed by atoms with van der Waals surface area (Å²) in [6, 6.07) is 10.8. The Hall–Kier alpha value is -3.35. The molecule has 2 aromatic carbocycles. The van der Waals surface area contributed by atoms with E-state index < -0.39 is 17.7 Å². The molecule has 0 atom stereocenters. The van der Waals surface area contributed by atoms with Crippen molar-refractivity contribution in [3.8, 4) is 11.5 Å². The van der Waals surface area contributed by atoms with Crippen molar-refractivity contribution in [1.82, 2.24) is 5.32 Å². The molecular formula is C20H20FNO5. The Morgan fingerprint density at radius 1 is 1.07 bits per heavy atom. The van der Waals surface area contributed by atoms with Crippen molar-refractivity contribution in [3.63, 3.8) is 0 Å². The summed E-state index contributed by atoms with van der Waals surface area (Å²) in [5.74, 6) is -1.46. The largest absolute Gasteiger partial charge is 0.493 e. The average Bonchev–Trinajstić information content (AvgIpc) is 2.69. The molecule has 1 amide bonds. The van der Waals surface area contributed by atoms with Crippen LogP contribution in [0.2, 0.25) is 0 Å². The lowest BCUT2D eigenvalue weighted by molar-refractivity contribution is -0.138. The number of hydrogen-bond donors (Lipinski definition) is 1. The van der Waals surface area contributed by atoms with Crippen LogP contribution in [0.4, 0.5) is 4.39 Å². The lowest BCUT2D eigenvalue weighted by atomic mass is 10.1. The van der Waals surface area contributed by atoms with Gasteiger partial charge in [-0.1, -0.05) is 18.2 Å². The maximum absolute atomic E-state index is 14.4. The predicted molar refractivity (Wildman–Crippen MR) is 98.0 cm³/mol. The summed E-state index contributed by atoms with van der Waals surface area (Å²) in [5, 5.41) is 2.47. The Morgan fingerprint density at radius 2 is 1.70 bits per heavy atom. The lowest BCUT2D eigenvalue weighted by Gasteiger charge is -2.12. The summed E-state index contributed by atoms with van der Waals surface area (Å²) in [6.07, 6.45) is 1.19. The van der Waals surface area contributed by atoms with Crippen molar-refractivity contribution >= 4 is 18.0 Å². The summed E-state index contributed by atoms with van der Waals surface area (Å²) in [7, 11) is 2.80. The van der Waals surface area contributed by atoms with Crippen molar-refractivity contribution in [3.05, 3.63) is 65.1 Å². The molecule has 1 N–H and O–H groups in total. The second-order valence-corrected chi connectivity index (χ2v) is 5.33. The average molecular weight is 373 g/mol. The molecule has 0 aliphatic rings. The molecule has 0 spiro atoms. The summed E-state index contributed by atoms with van der Waals surface area (Å²) in [5.41, 5.74) is 0.182. The first-order valence-corrected chi connectivity index (χ1v) is 8.16. The van der Waals surface area contributed by atoms with Crippen LogP contribution < -0.4 is 14.8 Å². The maximum atomic E-state index is 14.4. The lowest BCUT2D eigenvalue weighted by Crippen LogP contribution is -2.28. The van der Waals surface area contributed by atoms with Crippen LogP contribution in [0.25, 0.3) is 6.08 Å². The smallest absolute Gasteiger partial charge is 0.354 e. The van der Waals surface area contributed by atoms with E-state index in [9.17, 15) is 14.0 Å². The molecule has 0 aliphatic heterocycles. The van der Waals surface area contributed by atoms with E-state index in [0.29, 0.717) is 5.56 Å². The van der Waals surface area contributed by atoms with Gasteiger partial charge in [0.1, 0.15) is 11.5 Å². The second kappa shape index (κ2) is 9.38. The molecule has 0 unspecified atom stereocenters. The summed E-state index contributed by atoms with van der Waals surface area (Å²) < 4.78 is 29.5. The standard InChI is InChI=1S/C20H20FNO5/c1-4-27-20(24)16(22-19(23)13-8-6-5-7-9-13)10-14-11-17(25-2)18(26-3)12-15(14)21/h5-12H,4H2,1-3H3,(H,22,23)/b16-10-. The van der Waals surface area contributed by atoms with Crippen molar-refractivity contribution in [2.45, 2.75) is 6.92 Å². The minimum atomic E-state index is -0.782.